The van der Waals surface area contributed by atoms with Crippen LogP contribution in [0.3, 0.4) is 0 Å². The molecule has 0 atom stereocenters. The SMILES string of the molecule is CC(C)n1cc(C(=O)c2cccc(NS(=O)(=O)c3ccccc3F)n2)c2c(N)ncnc21.Fc1ccccc1.O=S(=O)(Cl)Cl. The van der Waals surface area contributed by atoms with E-state index in [2.05, 4.69) is 41.0 Å². The lowest BCUT2D eigenvalue weighted by Crippen LogP contribution is -2.16. The third kappa shape index (κ3) is 9.41. The van der Waals surface area contributed by atoms with Crippen LogP contribution in [-0.2, 0) is 18.3 Å². The summed E-state index contributed by atoms with van der Waals surface area (Å²) in [5.74, 6) is -1.54. The summed E-state index contributed by atoms with van der Waals surface area (Å²) in [6.45, 7) is 3.87. The Morgan fingerprint density at radius 1 is 0.909 bits per heavy atom. The van der Waals surface area contributed by atoms with Crippen molar-refractivity contribution >= 4 is 68.1 Å². The summed E-state index contributed by atoms with van der Waals surface area (Å²) >= 11 is 0. The molecule has 5 aromatic rings. The van der Waals surface area contributed by atoms with Gasteiger partial charge in [0.05, 0.1) is 10.9 Å². The number of anilines is 2. The molecule has 0 aliphatic rings. The molecule has 0 aliphatic carbocycles. The number of hydrogen-bond donors (Lipinski definition) is 2. The van der Waals surface area contributed by atoms with Crippen molar-refractivity contribution in [1.29, 1.82) is 0 Å². The van der Waals surface area contributed by atoms with Crippen LogP contribution in [0.4, 0.5) is 20.4 Å². The zero-order valence-corrected chi connectivity index (χ0v) is 26.0. The normalized spacial score (nSPS) is 11.2. The average molecular weight is 686 g/mol. The molecular weight excluding hydrogens is 661 g/mol. The van der Waals surface area contributed by atoms with E-state index in [1.54, 1.807) is 29.0 Å². The van der Waals surface area contributed by atoms with E-state index in [4.69, 9.17) is 14.2 Å². The molecule has 2 aromatic carbocycles. The number of fused-ring (bicyclic) bond motifs is 1. The van der Waals surface area contributed by atoms with Gasteiger partial charge in [-0.15, -0.1) is 0 Å². The number of nitrogen functional groups attached to an aromatic ring is 1. The number of benzene rings is 2. The number of nitrogens with zero attached hydrogens (tertiary/aromatic N) is 4. The first-order chi connectivity index (χ1) is 20.6. The van der Waals surface area contributed by atoms with E-state index in [0.717, 1.165) is 12.1 Å². The molecule has 3 N–H and O–H groups in total. The predicted molar refractivity (Wildman–Crippen MR) is 164 cm³/mol. The molecule has 0 bridgehead atoms. The van der Waals surface area contributed by atoms with Crippen molar-refractivity contribution in [2.24, 2.45) is 0 Å². The summed E-state index contributed by atoms with van der Waals surface area (Å²) in [5, 5.41) is 0.394. The second-order valence-electron chi connectivity index (χ2n) is 8.95. The molecule has 17 heteroatoms. The highest BCUT2D eigenvalue weighted by atomic mass is 36.0. The lowest BCUT2D eigenvalue weighted by Gasteiger charge is -2.09. The van der Waals surface area contributed by atoms with Gasteiger partial charge in [-0.1, -0.05) is 36.4 Å². The minimum atomic E-state index is -4.24. The molecule has 0 radical (unpaired) electrons. The minimum absolute atomic E-state index is 0.000206. The first-order valence-corrected chi connectivity index (χ1v) is 16.9. The van der Waals surface area contributed by atoms with E-state index < -0.39 is 34.8 Å². The topological polar surface area (TPSA) is 167 Å². The van der Waals surface area contributed by atoms with Crippen LogP contribution >= 0.6 is 21.4 Å². The van der Waals surface area contributed by atoms with Crippen molar-refractivity contribution in [3.05, 3.63) is 108 Å². The number of carbonyl (C=O) groups excluding carboxylic acids is 1. The zero-order chi connectivity index (χ0) is 32.7. The van der Waals surface area contributed by atoms with Crippen molar-refractivity contribution < 1.29 is 30.4 Å². The Labute approximate surface area is 260 Å². The fourth-order valence-corrected chi connectivity index (χ4v) is 4.78. The monoisotopic (exact) mass is 684 g/mol. The standard InChI is InChI=1S/C21H19FN6O3S.C6H5F.Cl2O2S/c1-12(2)28-10-13(18-20(23)24-11-25-21(18)28)19(29)15-7-5-9-17(26-15)27-32(30,31)16-8-4-3-6-14(16)22;7-6-4-2-1-3-5-6;1-5(2,3)4/h3-12H,1-2H3,(H,26,27)(H2,23,24,25);1-5H;. The van der Waals surface area contributed by atoms with E-state index in [-0.39, 0.29) is 34.8 Å². The number of aromatic nitrogens is 4. The van der Waals surface area contributed by atoms with Gasteiger partial charge in [0.15, 0.2) is 0 Å². The smallest absolute Gasteiger partial charge is 0.317 e. The Kier molecular flexibility index (Phi) is 11.3. The molecular formula is C27H24Cl2F2N6O5S2. The maximum atomic E-state index is 14.0. The number of rotatable bonds is 6. The molecule has 44 heavy (non-hydrogen) atoms. The lowest BCUT2D eigenvalue weighted by atomic mass is 10.1. The summed E-state index contributed by atoms with van der Waals surface area (Å²) < 4.78 is 73.3. The van der Waals surface area contributed by atoms with E-state index in [1.165, 1.54) is 48.8 Å². The second-order valence-corrected chi connectivity index (χ2v) is 14.3. The van der Waals surface area contributed by atoms with Gasteiger partial charge >= 0.3 is 8.26 Å². The molecule has 0 saturated heterocycles. The van der Waals surface area contributed by atoms with Crippen molar-refractivity contribution in [2.75, 3.05) is 10.5 Å². The van der Waals surface area contributed by atoms with E-state index >= 15 is 0 Å². The Morgan fingerprint density at radius 2 is 1.52 bits per heavy atom. The van der Waals surface area contributed by atoms with Crippen molar-refractivity contribution in [3.8, 4) is 0 Å². The molecule has 11 nitrogen and oxygen atoms in total. The molecule has 3 heterocycles. The van der Waals surface area contributed by atoms with Gasteiger partial charge in [0.1, 0.15) is 45.8 Å². The van der Waals surface area contributed by atoms with Crippen LogP contribution in [0.2, 0.25) is 0 Å². The fourth-order valence-electron chi connectivity index (χ4n) is 3.70. The third-order valence-corrected chi connectivity index (χ3v) is 6.91. The van der Waals surface area contributed by atoms with Crippen LogP contribution in [0.5, 0.6) is 0 Å². The molecule has 0 saturated carbocycles. The highest BCUT2D eigenvalue weighted by molar-refractivity contribution is 8.31. The average Bonchev–Trinajstić information content (AvgIpc) is 3.34. The van der Waals surface area contributed by atoms with Crippen LogP contribution in [0.1, 0.15) is 35.9 Å². The predicted octanol–water partition coefficient (Wildman–Crippen LogP) is 5.69. The number of halogens is 4. The van der Waals surface area contributed by atoms with Gasteiger partial charge in [-0.2, -0.15) is 8.42 Å². The van der Waals surface area contributed by atoms with Gasteiger partial charge in [0.25, 0.3) is 10.0 Å². The molecule has 0 unspecified atom stereocenters. The largest absolute Gasteiger partial charge is 0.383 e. The molecule has 0 spiro atoms. The first kappa shape index (κ1) is 34.3. The van der Waals surface area contributed by atoms with Gasteiger partial charge in [0, 0.05) is 33.6 Å². The number of nitrogens with one attached hydrogen (secondary N) is 1. The molecule has 5 rings (SSSR count). The molecule has 3 aromatic heterocycles. The van der Waals surface area contributed by atoms with Crippen molar-refractivity contribution in [3.63, 3.8) is 0 Å². The zero-order valence-electron chi connectivity index (χ0n) is 22.9. The summed E-state index contributed by atoms with van der Waals surface area (Å²) in [6.07, 6.45) is 2.95. The summed E-state index contributed by atoms with van der Waals surface area (Å²) in [7, 11) is 0.571. The Bertz CT molecular complexity index is 1990. The van der Waals surface area contributed by atoms with Gasteiger partial charge in [-0.05, 0) is 50.2 Å². The van der Waals surface area contributed by atoms with E-state index in [1.807, 2.05) is 13.8 Å². The molecule has 0 amide bonds. The summed E-state index contributed by atoms with van der Waals surface area (Å²) in [5.41, 5.74) is 6.74. The van der Waals surface area contributed by atoms with Gasteiger partial charge in [-0.25, -0.2) is 32.2 Å². The second kappa shape index (κ2) is 14.5. The van der Waals surface area contributed by atoms with Gasteiger partial charge in [-0.3, -0.25) is 9.52 Å². The van der Waals surface area contributed by atoms with Crippen LogP contribution in [0.15, 0.2) is 90.2 Å². The van der Waals surface area contributed by atoms with Crippen LogP contribution in [-0.4, -0.2) is 42.1 Å². The number of pyridine rings is 1. The Morgan fingerprint density at radius 3 is 2.09 bits per heavy atom. The fraction of sp³-hybridized carbons (Fsp3) is 0.111. The van der Waals surface area contributed by atoms with Crippen LogP contribution in [0, 0.1) is 11.6 Å². The summed E-state index contributed by atoms with van der Waals surface area (Å²) in [4.78, 5) is 25.1. The lowest BCUT2D eigenvalue weighted by molar-refractivity contribution is 0.103. The molecule has 0 fully saturated rings. The van der Waals surface area contributed by atoms with Gasteiger partial charge < -0.3 is 10.3 Å². The molecule has 0 aliphatic heterocycles. The van der Waals surface area contributed by atoms with Gasteiger partial charge in [0.2, 0.25) is 5.78 Å². The van der Waals surface area contributed by atoms with E-state index in [9.17, 15) is 22.0 Å². The summed E-state index contributed by atoms with van der Waals surface area (Å²) in [6, 6.07) is 17.2. The number of carbonyl (C=O) groups is 1. The number of hydrogen-bond acceptors (Lipinski definition) is 9. The number of sulfonamides is 1. The maximum absolute atomic E-state index is 14.0. The number of ketones is 1. The Hall–Kier alpha value is -4.18. The number of nitrogens with two attached hydrogens (primary N) is 1. The van der Waals surface area contributed by atoms with Crippen LogP contribution < -0.4 is 10.5 Å². The first-order valence-electron chi connectivity index (χ1n) is 12.3. The van der Waals surface area contributed by atoms with Crippen LogP contribution in [0.25, 0.3) is 11.0 Å². The van der Waals surface area contributed by atoms with Crippen molar-refractivity contribution in [1.82, 2.24) is 19.5 Å². The maximum Gasteiger partial charge on any atom is 0.317 e. The minimum Gasteiger partial charge on any atom is -0.383 e. The van der Waals surface area contributed by atoms with Crippen molar-refractivity contribution in [2.45, 2.75) is 24.8 Å². The quantitative estimate of drug-likeness (QED) is 0.169. The third-order valence-electron chi connectivity index (χ3n) is 5.52. The highest BCUT2D eigenvalue weighted by Crippen LogP contribution is 2.28. The highest BCUT2D eigenvalue weighted by Gasteiger charge is 2.24. The Balaban J connectivity index is 0.000000369. The van der Waals surface area contributed by atoms with E-state index in [0.29, 0.717) is 11.0 Å². The molecule has 232 valence electrons.